The van der Waals surface area contributed by atoms with E-state index in [-0.39, 0.29) is 71.5 Å². The van der Waals surface area contributed by atoms with Crippen molar-refractivity contribution >= 4 is 67.6 Å². The molecule has 0 amide bonds. The van der Waals surface area contributed by atoms with E-state index >= 15 is 0 Å². The molecule has 0 spiro atoms. The maximum atomic E-state index is 12.2. The van der Waals surface area contributed by atoms with Crippen molar-refractivity contribution in [1.82, 2.24) is 29.9 Å². The van der Waals surface area contributed by atoms with Crippen molar-refractivity contribution in [2.24, 2.45) is 0 Å². The molecular formula is C24H26N10O8S2. The molecular weight excluding hydrogens is 620 g/mol. The Morgan fingerprint density at radius 3 is 1.41 bits per heavy atom. The van der Waals surface area contributed by atoms with Gasteiger partial charge in [0.2, 0.25) is 23.8 Å². The molecule has 2 heterocycles. The third-order valence-electron chi connectivity index (χ3n) is 5.35. The molecule has 0 unspecified atom stereocenters. The van der Waals surface area contributed by atoms with Crippen molar-refractivity contribution in [2.75, 3.05) is 35.3 Å². The van der Waals surface area contributed by atoms with Crippen molar-refractivity contribution in [2.45, 2.75) is 23.6 Å². The van der Waals surface area contributed by atoms with Gasteiger partial charge in [0.1, 0.15) is 9.79 Å². The van der Waals surface area contributed by atoms with Crippen LogP contribution in [0.5, 0.6) is 12.0 Å². The van der Waals surface area contributed by atoms with E-state index < -0.39 is 30.0 Å². The fraction of sp³-hybridized carbons (Fsp3) is 0.167. The van der Waals surface area contributed by atoms with E-state index in [2.05, 4.69) is 40.5 Å². The van der Waals surface area contributed by atoms with Crippen LogP contribution < -0.4 is 31.6 Å². The molecule has 0 bridgehead atoms. The van der Waals surface area contributed by atoms with Gasteiger partial charge in [-0.3, -0.25) is 9.11 Å². The van der Waals surface area contributed by atoms with Crippen molar-refractivity contribution in [3.8, 4) is 12.0 Å². The summed E-state index contributed by atoms with van der Waals surface area (Å²) in [6.07, 6.45) is 2.47. The second-order valence-corrected chi connectivity index (χ2v) is 11.3. The van der Waals surface area contributed by atoms with Crippen molar-refractivity contribution in [3.05, 3.63) is 47.5 Å². The molecule has 2 aromatic carbocycles. The van der Waals surface area contributed by atoms with Crippen LogP contribution in [0.2, 0.25) is 0 Å². The van der Waals surface area contributed by atoms with Gasteiger partial charge in [0.15, 0.2) is 0 Å². The molecule has 0 fully saturated rings. The maximum absolute atomic E-state index is 12.2. The molecule has 0 aliphatic rings. The second kappa shape index (κ2) is 13.0. The van der Waals surface area contributed by atoms with Gasteiger partial charge < -0.3 is 31.6 Å². The minimum absolute atomic E-state index is 0.0178. The Labute approximate surface area is 251 Å². The average Bonchev–Trinajstić information content (AvgIpc) is 2.91. The minimum Gasteiger partial charge on any atom is -0.464 e. The minimum atomic E-state index is -4.78. The van der Waals surface area contributed by atoms with E-state index in [0.29, 0.717) is 0 Å². The molecule has 0 aliphatic carbocycles. The van der Waals surface area contributed by atoms with Gasteiger partial charge in [-0.25, -0.2) is 0 Å². The van der Waals surface area contributed by atoms with E-state index in [0.717, 1.165) is 12.1 Å². The van der Waals surface area contributed by atoms with Crippen LogP contribution in [-0.4, -0.2) is 69.1 Å². The Morgan fingerprint density at radius 2 is 1.07 bits per heavy atom. The molecule has 0 atom stereocenters. The Morgan fingerprint density at radius 1 is 0.682 bits per heavy atom. The predicted molar refractivity (Wildman–Crippen MR) is 159 cm³/mol. The highest BCUT2D eigenvalue weighted by Crippen LogP contribution is 2.28. The highest BCUT2D eigenvalue weighted by Gasteiger charge is 2.19. The summed E-state index contributed by atoms with van der Waals surface area (Å²) in [5.74, 6) is -0.398. The van der Waals surface area contributed by atoms with Gasteiger partial charge in [-0.1, -0.05) is 24.3 Å². The highest BCUT2D eigenvalue weighted by molar-refractivity contribution is 7.86. The van der Waals surface area contributed by atoms with E-state index in [4.69, 9.17) is 20.9 Å². The number of nitrogens with one attached hydrogen (secondary N) is 2. The summed E-state index contributed by atoms with van der Waals surface area (Å²) >= 11 is 0. The van der Waals surface area contributed by atoms with Crippen LogP contribution in [0.3, 0.4) is 0 Å². The lowest BCUT2D eigenvalue weighted by molar-refractivity contribution is 0.312. The number of anilines is 6. The molecule has 20 heteroatoms. The Bertz CT molecular complexity index is 1800. The van der Waals surface area contributed by atoms with Gasteiger partial charge in [0.05, 0.1) is 13.2 Å². The van der Waals surface area contributed by atoms with Crippen LogP contribution in [-0.2, 0) is 20.2 Å². The number of nitrogen functional groups attached to an aromatic ring is 2. The largest absolute Gasteiger partial charge is 0.464 e. The number of rotatable bonds is 12. The predicted octanol–water partition coefficient (Wildman–Crippen LogP) is 2.17. The zero-order chi connectivity index (χ0) is 32.1. The van der Waals surface area contributed by atoms with Crippen molar-refractivity contribution in [1.29, 1.82) is 0 Å². The number of aromatic nitrogens is 6. The standard InChI is InChI=1S/C24H26N10O8S2/c1-3-41-23-31-19(25)29-21(33-23)27-15-9-7-13(17(11-15)43(35,36)37)5-6-14-8-10-16(12-18(14)44(38,39)40)28-22-30-20(26)32-24(34-22)42-4-2/h5-12H,3-4H2,1-2H3,(H,35,36,37)(H,38,39,40)(H3,25,27,29,31,33)(H3,26,28,30,32,34). The Balaban J connectivity index is 1.66. The summed E-state index contributed by atoms with van der Waals surface area (Å²) < 4.78 is 79.2. The third-order valence-corrected chi connectivity index (χ3v) is 7.17. The number of benzene rings is 2. The molecule has 8 N–H and O–H groups in total. The first kappa shape index (κ1) is 31.7. The Kier molecular flexibility index (Phi) is 9.37. The monoisotopic (exact) mass is 646 g/mol. The quantitative estimate of drug-likeness (QED) is 0.0949. The molecule has 0 aliphatic heterocycles. The van der Waals surface area contributed by atoms with Gasteiger partial charge >= 0.3 is 12.0 Å². The van der Waals surface area contributed by atoms with Crippen LogP contribution in [0, 0.1) is 0 Å². The van der Waals surface area contributed by atoms with Gasteiger partial charge in [-0.2, -0.15) is 46.7 Å². The second-order valence-electron chi connectivity index (χ2n) is 8.50. The summed E-state index contributed by atoms with van der Waals surface area (Å²) in [4.78, 5) is 22.4. The lowest BCUT2D eigenvalue weighted by Gasteiger charge is -2.11. The lowest BCUT2D eigenvalue weighted by atomic mass is 10.1. The summed E-state index contributed by atoms with van der Waals surface area (Å²) in [6.45, 7) is 3.96. The molecule has 4 rings (SSSR count). The maximum Gasteiger partial charge on any atom is 0.323 e. The number of nitrogens with zero attached hydrogens (tertiary/aromatic N) is 6. The van der Waals surface area contributed by atoms with E-state index in [9.17, 15) is 25.9 Å². The normalized spacial score (nSPS) is 11.8. The average molecular weight is 647 g/mol. The zero-order valence-corrected chi connectivity index (χ0v) is 24.7. The lowest BCUT2D eigenvalue weighted by Crippen LogP contribution is -2.08. The van der Waals surface area contributed by atoms with Gasteiger partial charge in [-0.15, -0.1) is 0 Å². The number of hydrogen-bond donors (Lipinski definition) is 6. The SMILES string of the molecule is CCOc1nc(N)nc(Nc2ccc(C=Cc3ccc(Nc4nc(N)nc(OCC)n4)cc3S(=O)(=O)O)c(S(=O)(=O)O)c2)n1. The topological polar surface area (TPSA) is 281 Å². The van der Waals surface area contributed by atoms with Crippen LogP contribution in [0.4, 0.5) is 35.2 Å². The summed E-state index contributed by atoms with van der Waals surface area (Å²) in [7, 11) is -9.56. The van der Waals surface area contributed by atoms with Crippen LogP contribution in [0.25, 0.3) is 12.2 Å². The number of hydrogen-bond acceptors (Lipinski definition) is 16. The first-order valence-corrected chi connectivity index (χ1v) is 15.4. The Hall–Kier alpha value is -5.18. The van der Waals surface area contributed by atoms with Crippen molar-refractivity contribution < 1.29 is 35.4 Å². The fourth-order valence-electron chi connectivity index (χ4n) is 3.63. The third kappa shape index (κ3) is 8.22. The molecule has 2 aromatic heterocycles. The summed E-state index contributed by atoms with van der Waals surface area (Å²) in [5.41, 5.74) is 11.6. The van der Waals surface area contributed by atoms with E-state index in [1.165, 1.54) is 36.4 Å². The van der Waals surface area contributed by atoms with Gasteiger partial charge in [-0.05, 0) is 49.2 Å². The molecule has 0 saturated carbocycles. The smallest absolute Gasteiger partial charge is 0.323 e. The van der Waals surface area contributed by atoms with Crippen LogP contribution >= 0.6 is 0 Å². The first-order valence-electron chi connectivity index (χ1n) is 12.5. The molecule has 0 radical (unpaired) electrons. The molecule has 44 heavy (non-hydrogen) atoms. The van der Waals surface area contributed by atoms with Crippen molar-refractivity contribution in [3.63, 3.8) is 0 Å². The fourth-order valence-corrected chi connectivity index (χ4v) is 5.05. The summed E-state index contributed by atoms with van der Waals surface area (Å²) in [6, 6.07) is 7.65. The van der Waals surface area contributed by atoms with Gasteiger partial charge in [0, 0.05) is 11.4 Å². The molecule has 0 saturated heterocycles. The van der Waals surface area contributed by atoms with Crippen LogP contribution in [0.1, 0.15) is 25.0 Å². The number of ether oxygens (including phenoxy) is 2. The van der Waals surface area contributed by atoms with Gasteiger partial charge in [0.25, 0.3) is 20.2 Å². The van der Waals surface area contributed by atoms with E-state index in [1.54, 1.807) is 13.8 Å². The zero-order valence-electron chi connectivity index (χ0n) is 23.0. The molecule has 4 aromatic rings. The first-order chi connectivity index (χ1) is 20.7. The molecule has 232 valence electrons. The molecule has 18 nitrogen and oxygen atoms in total. The van der Waals surface area contributed by atoms with E-state index in [1.807, 2.05) is 0 Å². The van der Waals surface area contributed by atoms with Crippen LogP contribution in [0.15, 0.2) is 46.2 Å². The number of nitrogens with two attached hydrogens (primary N) is 2. The highest BCUT2D eigenvalue weighted by atomic mass is 32.2. The summed E-state index contributed by atoms with van der Waals surface area (Å²) in [5, 5.41) is 5.51.